The van der Waals surface area contributed by atoms with E-state index in [1.807, 2.05) is 32.0 Å². The zero-order chi connectivity index (χ0) is 25.2. The van der Waals surface area contributed by atoms with Gasteiger partial charge in [-0.2, -0.15) is 4.37 Å². The van der Waals surface area contributed by atoms with Gasteiger partial charge in [0.25, 0.3) is 0 Å². The van der Waals surface area contributed by atoms with E-state index in [1.165, 1.54) is 6.42 Å². The van der Waals surface area contributed by atoms with Crippen molar-refractivity contribution in [2.75, 3.05) is 51.6 Å². The number of ether oxygens (including phenoxy) is 1. The Labute approximate surface area is 211 Å². The van der Waals surface area contributed by atoms with Gasteiger partial charge >= 0.3 is 12.0 Å². The van der Waals surface area contributed by atoms with E-state index in [4.69, 9.17) is 4.74 Å². The highest BCUT2D eigenvalue weighted by atomic mass is 32.1. The second-order valence-electron chi connectivity index (χ2n) is 9.16. The van der Waals surface area contributed by atoms with Crippen LogP contribution >= 0.6 is 11.5 Å². The van der Waals surface area contributed by atoms with Gasteiger partial charge in [0, 0.05) is 32.7 Å². The lowest BCUT2D eigenvalue weighted by atomic mass is 10.1. The van der Waals surface area contributed by atoms with Crippen LogP contribution in [0, 0.1) is 13.8 Å². The van der Waals surface area contributed by atoms with Crippen LogP contribution in [-0.4, -0.2) is 77.6 Å². The molecule has 2 aromatic rings. The van der Waals surface area contributed by atoms with Gasteiger partial charge in [-0.05, 0) is 62.9 Å². The number of aromatic nitrogens is 1. The van der Waals surface area contributed by atoms with E-state index < -0.39 is 12.0 Å². The van der Waals surface area contributed by atoms with E-state index in [9.17, 15) is 14.7 Å². The predicted molar refractivity (Wildman–Crippen MR) is 139 cm³/mol. The van der Waals surface area contributed by atoms with Crippen LogP contribution in [0.4, 0.5) is 9.80 Å². The number of benzene rings is 1. The van der Waals surface area contributed by atoms with E-state index in [0.717, 1.165) is 80.2 Å². The minimum absolute atomic E-state index is 0.0122. The van der Waals surface area contributed by atoms with Crippen LogP contribution in [0.1, 0.15) is 52.7 Å². The van der Waals surface area contributed by atoms with Crippen molar-refractivity contribution in [3.05, 3.63) is 40.5 Å². The normalized spacial score (nSPS) is 14.6. The lowest BCUT2D eigenvalue weighted by molar-refractivity contribution is 0.0693. The predicted octanol–water partition coefficient (Wildman–Crippen LogP) is 3.97. The first-order valence-electron chi connectivity index (χ1n) is 12.2. The Morgan fingerprint density at radius 2 is 1.86 bits per heavy atom. The molecule has 1 fully saturated rings. The summed E-state index contributed by atoms with van der Waals surface area (Å²) in [5.74, 6) is -1.18. The maximum atomic E-state index is 12.3. The second-order valence-corrected chi connectivity index (χ2v) is 9.93. The number of anilines is 1. The number of amides is 2. The number of aromatic carboxylic acids is 1. The lowest BCUT2D eigenvalue weighted by Crippen LogP contribution is -2.44. The summed E-state index contributed by atoms with van der Waals surface area (Å²) in [6.07, 6.45) is 4.23. The Morgan fingerprint density at radius 1 is 1.11 bits per heavy atom. The fourth-order valence-electron chi connectivity index (χ4n) is 4.04. The largest absolute Gasteiger partial charge is 0.477 e. The number of hydrogen-bond donors (Lipinski definition) is 3. The van der Waals surface area contributed by atoms with Gasteiger partial charge in [-0.25, -0.2) is 9.59 Å². The van der Waals surface area contributed by atoms with Crippen molar-refractivity contribution in [3.63, 3.8) is 0 Å². The molecule has 2 heterocycles. The van der Waals surface area contributed by atoms with Gasteiger partial charge in [0.1, 0.15) is 11.6 Å². The Kier molecular flexibility index (Phi) is 10.3. The molecular formula is C25H37N5O4S. The quantitative estimate of drug-likeness (QED) is 0.376. The van der Waals surface area contributed by atoms with Gasteiger partial charge < -0.3 is 25.0 Å². The fourth-order valence-corrected chi connectivity index (χ4v) is 4.76. The molecule has 1 aromatic carbocycles. The maximum absolute atomic E-state index is 12.3. The summed E-state index contributed by atoms with van der Waals surface area (Å²) in [5.41, 5.74) is 3.04. The van der Waals surface area contributed by atoms with Gasteiger partial charge in [-0.1, -0.05) is 36.6 Å². The van der Waals surface area contributed by atoms with Crippen LogP contribution in [0.15, 0.2) is 18.2 Å². The summed E-state index contributed by atoms with van der Waals surface area (Å²) in [7, 11) is 2.16. The fraction of sp³-hybridized carbons (Fsp3) is 0.560. The molecule has 0 radical (unpaired) electrons. The molecule has 1 saturated heterocycles. The average molecular weight is 504 g/mol. The molecule has 0 saturated carbocycles. The van der Waals surface area contributed by atoms with Crippen molar-refractivity contribution < 1.29 is 19.4 Å². The lowest BCUT2D eigenvalue weighted by Gasteiger charge is -2.32. The van der Waals surface area contributed by atoms with Crippen molar-refractivity contribution in [3.8, 4) is 5.88 Å². The number of carboxylic acids is 1. The van der Waals surface area contributed by atoms with Crippen molar-refractivity contribution in [1.82, 2.24) is 19.5 Å². The van der Waals surface area contributed by atoms with E-state index in [1.54, 1.807) is 0 Å². The molecule has 0 bridgehead atoms. The molecule has 9 nitrogen and oxygen atoms in total. The van der Waals surface area contributed by atoms with Gasteiger partial charge in [-0.3, -0.25) is 5.32 Å². The van der Waals surface area contributed by atoms with E-state index in [2.05, 4.69) is 31.9 Å². The van der Waals surface area contributed by atoms with E-state index >= 15 is 0 Å². The highest BCUT2D eigenvalue weighted by molar-refractivity contribution is 7.11. The third-order valence-electron chi connectivity index (χ3n) is 6.25. The third-order valence-corrected chi connectivity index (χ3v) is 6.99. The van der Waals surface area contributed by atoms with Gasteiger partial charge in [0.15, 0.2) is 5.56 Å². The number of carboxylic acid groups (broad SMARTS) is 1. The molecule has 2 amide bonds. The number of nitrogens with zero attached hydrogens (tertiary/aromatic N) is 3. The summed E-state index contributed by atoms with van der Waals surface area (Å²) in [4.78, 5) is 29.0. The minimum Gasteiger partial charge on any atom is -0.477 e. The Balaban J connectivity index is 1.37. The van der Waals surface area contributed by atoms with Crippen molar-refractivity contribution >= 4 is 28.5 Å². The Morgan fingerprint density at radius 3 is 2.57 bits per heavy atom. The number of hydrogen-bond acceptors (Lipinski definition) is 7. The molecule has 192 valence electrons. The molecule has 3 rings (SSSR count). The first kappa shape index (κ1) is 26.9. The molecule has 35 heavy (non-hydrogen) atoms. The summed E-state index contributed by atoms with van der Waals surface area (Å²) < 4.78 is 9.81. The summed E-state index contributed by atoms with van der Waals surface area (Å²) in [6.45, 7) is 10.5. The first-order valence-corrected chi connectivity index (χ1v) is 13.0. The van der Waals surface area contributed by atoms with Crippen LogP contribution in [0.3, 0.4) is 0 Å². The number of nitrogens with one attached hydrogen (secondary N) is 2. The standard InChI is InChI=1S/C25H37N5O4S/c1-18-8-9-20(19(2)16-18)17-34-22-21(24(31)32)23(35-28-22)27-25(33)26-10-6-4-5-7-11-30-14-12-29(3)13-15-30/h8-9,16H,4-7,10-15,17H2,1-3H3,(H,31,32)(H2,26,27,33). The average Bonchev–Trinajstić information content (AvgIpc) is 3.21. The molecule has 10 heteroatoms. The highest BCUT2D eigenvalue weighted by Gasteiger charge is 2.23. The SMILES string of the molecule is Cc1ccc(COc2nsc(NC(=O)NCCCCCCN3CCN(C)CC3)c2C(=O)O)c(C)c1. The number of unbranched alkanes of at least 4 members (excludes halogenated alkanes) is 3. The minimum atomic E-state index is -1.19. The molecule has 0 aliphatic carbocycles. The summed E-state index contributed by atoms with van der Waals surface area (Å²) in [6, 6.07) is 5.55. The molecule has 0 unspecified atom stereocenters. The smallest absolute Gasteiger partial charge is 0.344 e. The van der Waals surface area contributed by atoms with Crippen LogP contribution in [0.25, 0.3) is 0 Å². The Bertz CT molecular complexity index is 988. The molecule has 3 N–H and O–H groups in total. The van der Waals surface area contributed by atoms with Crippen molar-refractivity contribution in [1.29, 1.82) is 0 Å². The number of carbonyl (C=O) groups excluding carboxylic acids is 1. The Hall–Kier alpha value is -2.69. The van der Waals surface area contributed by atoms with E-state index in [-0.39, 0.29) is 23.1 Å². The molecule has 0 atom stereocenters. The number of urea groups is 1. The third kappa shape index (κ3) is 8.48. The number of piperazine rings is 1. The molecular weight excluding hydrogens is 466 g/mol. The zero-order valence-corrected chi connectivity index (χ0v) is 21.7. The summed E-state index contributed by atoms with van der Waals surface area (Å²) in [5, 5.41) is 15.2. The van der Waals surface area contributed by atoms with E-state index in [0.29, 0.717) is 6.54 Å². The van der Waals surface area contributed by atoms with Crippen molar-refractivity contribution in [2.24, 2.45) is 0 Å². The topological polar surface area (TPSA) is 107 Å². The molecule has 1 aliphatic heterocycles. The number of rotatable bonds is 12. The molecule has 1 aromatic heterocycles. The zero-order valence-electron chi connectivity index (χ0n) is 20.9. The van der Waals surface area contributed by atoms with Crippen LogP contribution < -0.4 is 15.4 Å². The number of aryl methyl sites for hydroxylation is 2. The first-order chi connectivity index (χ1) is 16.8. The number of carbonyl (C=O) groups is 2. The molecule has 1 aliphatic rings. The summed E-state index contributed by atoms with van der Waals surface area (Å²) >= 11 is 0.903. The van der Waals surface area contributed by atoms with Crippen LogP contribution in [0.2, 0.25) is 0 Å². The van der Waals surface area contributed by atoms with Crippen LogP contribution in [-0.2, 0) is 6.61 Å². The highest BCUT2D eigenvalue weighted by Crippen LogP contribution is 2.31. The van der Waals surface area contributed by atoms with Gasteiger partial charge in [0.2, 0.25) is 5.88 Å². The number of likely N-dealkylation sites (N-methyl/N-ethyl adjacent to an activating group) is 1. The van der Waals surface area contributed by atoms with Crippen LogP contribution in [0.5, 0.6) is 5.88 Å². The molecule has 0 spiro atoms. The monoisotopic (exact) mass is 503 g/mol. The van der Waals surface area contributed by atoms with Gasteiger partial charge in [-0.15, -0.1) is 0 Å². The van der Waals surface area contributed by atoms with Crippen molar-refractivity contribution in [2.45, 2.75) is 46.1 Å². The maximum Gasteiger partial charge on any atom is 0.344 e. The second kappa shape index (κ2) is 13.4. The van der Waals surface area contributed by atoms with Gasteiger partial charge in [0.05, 0.1) is 0 Å².